The van der Waals surface area contributed by atoms with Crippen LogP contribution < -0.4 is 16.0 Å². The second-order valence-corrected chi connectivity index (χ2v) is 7.89. The molecule has 2 fully saturated rings. The van der Waals surface area contributed by atoms with Gasteiger partial charge in [-0.25, -0.2) is 9.97 Å². The molecule has 0 spiro atoms. The van der Waals surface area contributed by atoms with Gasteiger partial charge in [0.25, 0.3) is 0 Å². The first kappa shape index (κ1) is 19.6. The first-order chi connectivity index (χ1) is 14.2. The number of fused-ring (bicyclic) bond motifs is 1. The van der Waals surface area contributed by atoms with Gasteiger partial charge in [-0.05, 0) is 43.4 Å². The number of hydrogen-bond acceptors (Lipinski definition) is 5. The van der Waals surface area contributed by atoms with E-state index in [1.807, 2.05) is 22.9 Å². The summed E-state index contributed by atoms with van der Waals surface area (Å²) < 4.78 is 1.83. The fraction of sp³-hybridized carbons (Fsp3) is 0.524. The van der Waals surface area contributed by atoms with Crippen molar-refractivity contribution in [3.8, 4) is 5.82 Å². The van der Waals surface area contributed by atoms with E-state index >= 15 is 0 Å². The van der Waals surface area contributed by atoms with Crippen molar-refractivity contribution in [1.29, 1.82) is 0 Å². The van der Waals surface area contributed by atoms with Crippen LogP contribution in [0.5, 0.6) is 0 Å². The predicted molar refractivity (Wildman–Crippen MR) is 108 cm³/mol. The molecule has 154 valence electrons. The van der Waals surface area contributed by atoms with Crippen LogP contribution in [0, 0.1) is 5.92 Å². The third-order valence-electron chi connectivity index (χ3n) is 5.80. The number of nitrogens with zero attached hydrogens (tertiary/aromatic N) is 3. The Morgan fingerprint density at radius 1 is 1.28 bits per heavy atom. The van der Waals surface area contributed by atoms with E-state index in [2.05, 4.69) is 25.9 Å². The Labute approximate surface area is 170 Å². The van der Waals surface area contributed by atoms with Crippen LogP contribution in [0.4, 0.5) is 0 Å². The maximum atomic E-state index is 12.3. The quantitative estimate of drug-likeness (QED) is 0.661. The van der Waals surface area contributed by atoms with Crippen LogP contribution in [0.1, 0.15) is 50.5 Å². The highest BCUT2D eigenvalue weighted by Gasteiger charge is 2.36. The molecule has 3 heterocycles. The molecule has 2 amide bonds. The number of nitrogens with one attached hydrogen (secondary N) is 3. The smallest absolute Gasteiger partial charge is 0.225 e. The van der Waals surface area contributed by atoms with Gasteiger partial charge < -0.3 is 10.6 Å². The summed E-state index contributed by atoms with van der Waals surface area (Å²) in [5.41, 5.74) is 0.988. The molecule has 1 saturated heterocycles. The second kappa shape index (κ2) is 9.17. The molecule has 29 heavy (non-hydrogen) atoms. The van der Waals surface area contributed by atoms with Crippen LogP contribution in [0.2, 0.25) is 0 Å². The average molecular weight is 396 g/mol. The molecule has 0 aromatic carbocycles. The number of amides is 2. The van der Waals surface area contributed by atoms with Crippen LogP contribution in [0.15, 0.2) is 37.1 Å². The number of imidazole rings is 1. The summed E-state index contributed by atoms with van der Waals surface area (Å²) in [4.78, 5) is 32.8. The van der Waals surface area contributed by atoms with E-state index in [9.17, 15) is 9.59 Å². The van der Waals surface area contributed by atoms with Crippen molar-refractivity contribution in [2.24, 2.45) is 5.92 Å². The minimum atomic E-state index is -0.0208. The zero-order valence-electron chi connectivity index (χ0n) is 16.5. The van der Waals surface area contributed by atoms with Crippen LogP contribution >= 0.6 is 0 Å². The molecule has 1 saturated carbocycles. The molecule has 4 rings (SSSR count). The zero-order chi connectivity index (χ0) is 20.1. The number of carbonyl (C=O) groups is 2. The van der Waals surface area contributed by atoms with E-state index in [1.165, 1.54) is 6.42 Å². The van der Waals surface area contributed by atoms with Crippen molar-refractivity contribution in [2.45, 2.75) is 63.7 Å². The van der Waals surface area contributed by atoms with Gasteiger partial charge >= 0.3 is 0 Å². The Kier molecular flexibility index (Phi) is 6.19. The molecule has 3 N–H and O–H groups in total. The van der Waals surface area contributed by atoms with Crippen LogP contribution in [-0.2, 0) is 16.1 Å². The molecule has 8 heteroatoms. The standard InChI is InChI=1S/C21H28N6O2/c28-20(24-13-15-8-9-23-19(12-15)27-11-10-22-14-27)7-3-6-18-25-17-5-2-1-4-16(17)21(29)26-18/h8-12,14,16-18,25H,1-7,13H2,(H,24,28)(H,26,29). The summed E-state index contributed by atoms with van der Waals surface area (Å²) in [6.45, 7) is 0.464. The van der Waals surface area contributed by atoms with Gasteiger partial charge in [0.2, 0.25) is 11.8 Å². The molecular weight excluding hydrogens is 368 g/mol. The van der Waals surface area contributed by atoms with Crippen molar-refractivity contribution >= 4 is 11.8 Å². The number of rotatable bonds is 7. The summed E-state index contributed by atoms with van der Waals surface area (Å²) in [7, 11) is 0. The van der Waals surface area contributed by atoms with Crippen molar-refractivity contribution in [2.75, 3.05) is 0 Å². The highest BCUT2D eigenvalue weighted by Crippen LogP contribution is 2.27. The highest BCUT2D eigenvalue weighted by molar-refractivity contribution is 5.80. The van der Waals surface area contributed by atoms with E-state index in [-0.39, 0.29) is 23.9 Å². The number of carbonyl (C=O) groups excluding carboxylic acids is 2. The zero-order valence-corrected chi connectivity index (χ0v) is 16.5. The normalized spacial score (nSPS) is 23.9. The van der Waals surface area contributed by atoms with E-state index in [4.69, 9.17) is 0 Å². The van der Waals surface area contributed by atoms with Gasteiger partial charge in [-0.1, -0.05) is 12.8 Å². The maximum Gasteiger partial charge on any atom is 0.225 e. The van der Waals surface area contributed by atoms with E-state index in [0.29, 0.717) is 19.0 Å². The molecule has 1 aliphatic heterocycles. The average Bonchev–Trinajstić information content (AvgIpc) is 3.28. The van der Waals surface area contributed by atoms with Gasteiger partial charge in [-0.2, -0.15) is 0 Å². The van der Waals surface area contributed by atoms with Crippen LogP contribution in [0.3, 0.4) is 0 Å². The maximum absolute atomic E-state index is 12.3. The van der Waals surface area contributed by atoms with Crippen molar-refractivity contribution in [1.82, 2.24) is 30.5 Å². The summed E-state index contributed by atoms with van der Waals surface area (Å²) in [6, 6.07) is 4.13. The van der Waals surface area contributed by atoms with Crippen molar-refractivity contribution in [3.05, 3.63) is 42.6 Å². The van der Waals surface area contributed by atoms with Gasteiger partial charge in [0.15, 0.2) is 0 Å². The topological polar surface area (TPSA) is 101 Å². The minimum Gasteiger partial charge on any atom is -0.352 e. The fourth-order valence-electron chi connectivity index (χ4n) is 4.24. The van der Waals surface area contributed by atoms with E-state index in [0.717, 1.165) is 43.5 Å². The lowest BCUT2D eigenvalue weighted by Gasteiger charge is -2.40. The number of aromatic nitrogens is 3. The Hall–Kier alpha value is -2.74. The number of pyridine rings is 1. The molecule has 3 atom stereocenters. The van der Waals surface area contributed by atoms with Gasteiger partial charge in [-0.3, -0.25) is 19.5 Å². The van der Waals surface area contributed by atoms with Crippen LogP contribution in [0.25, 0.3) is 5.82 Å². The van der Waals surface area contributed by atoms with E-state index < -0.39 is 0 Å². The van der Waals surface area contributed by atoms with Crippen LogP contribution in [-0.4, -0.2) is 38.6 Å². The van der Waals surface area contributed by atoms with Gasteiger partial charge in [0.1, 0.15) is 12.1 Å². The Morgan fingerprint density at radius 3 is 3.03 bits per heavy atom. The molecule has 8 nitrogen and oxygen atoms in total. The molecule has 3 unspecified atom stereocenters. The van der Waals surface area contributed by atoms with Gasteiger partial charge in [-0.15, -0.1) is 0 Å². The second-order valence-electron chi connectivity index (χ2n) is 7.89. The molecule has 0 radical (unpaired) electrons. The first-order valence-electron chi connectivity index (χ1n) is 10.5. The molecule has 0 bridgehead atoms. The summed E-state index contributed by atoms with van der Waals surface area (Å²) in [5, 5.41) is 9.59. The Bertz CT molecular complexity index is 837. The summed E-state index contributed by atoms with van der Waals surface area (Å²) >= 11 is 0. The molecule has 2 aromatic rings. The van der Waals surface area contributed by atoms with Gasteiger partial charge in [0, 0.05) is 37.6 Å². The molecule has 2 aromatic heterocycles. The lowest BCUT2D eigenvalue weighted by atomic mass is 9.82. The minimum absolute atomic E-state index is 0.0173. The molecule has 1 aliphatic carbocycles. The SMILES string of the molecule is O=C(CCCC1NC(=O)C2CCCCC2N1)NCc1ccnc(-n2ccnc2)c1. The molecular formula is C21H28N6O2. The third-order valence-corrected chi connectivity index (χ3v) is 5.80. The van der Waals surface area contributed by atoms with Crippen molar-refractivity contribution in [3.63, 3.8) is 0 Å². The summed E-state index contributed by atoms with van der Waals surface area (Å²) in [5.74, 6) is 1.09. The highest BCUT2D eigenvalue weighted by atomic mass is 16.2. The first-order valence-corrected chi connectivity index (χ1v) is 10.5. The lowest BCUT2D eigenvalue weighted by molar-refractivity contribution is -0.130. The van der Waals surface area contributed by atoms with Crippen molar-refractivity contribution < 1.29 is 9.59 Å². The van der Waals surface area contributed by atoms with Gasteiger partial charge in [0.05, 0.1) is 12.1 Å². The fourth-order valence-corrected chi connectivity index (χ4v) is 4.24. The Balaban J connectivity index is 1.19. The predicted octanol–water partition coefficient (Wildman–Crippen LogP) is 1.66. The monoisotopic (exact) mass is 396 g/mol. The lowest BCUT2D eigenvalue weighted by Crippen LogP contribution is -2.62. The van der Waals surface area contributed by atoms with E-state index in [1.54, 1.807) is 18.7 Å². The molecule has 2 aliphatic rings. The third kappa shape index (κ3) is 5.00. The number of hydrogen-bond donors (Lipinski definition) is 3. The summed E-state index contributed by atoms with van der Waals surface area (Å²) in [6.07, 6.45) is 13.3. The Morgan fingerprint density at radius 2 is 2.17 bits per heavy atom. The largest absolute Gasteiger partial charge is 0.352 e.